The maximum absolute atomic E-state index is 9.71. The Morgan fingerprint density at radius 2 is 0.925 bits per heavy atom. The highest BCUT2D eigenvalue weighted by molar-refractivity contribution is 6.23. The van der Waals surface area contributed by atoms with Crippen LogP contribution in [0.5, 0.6) is 0 Å². The quantitative estimate of drug-likeness (QED) is 0.201. The van der Waals surface area contributed by atoms with Gasteiger partial charge in [-0.2, -0.15) is 0 Å². The molecule has 0 heteroatoms. The van der Waals surface area contributed by atoms with E-state index in [2.05, 4.69) is 0 Å². The fourth-order valence-corrected chi connectivity index (χ4v) is 5.17. The molecule has 0 aliphatic heterocycles. The average molecular weight is 526 g/mol. The maximum Gasteiger partial charge on any atom is 0.0636 e. The molecule has 0 aromatic heterocycles. The van der Waals surface area contributed by atoms with Gasteiger partial charge in [-0.1, -0.05) is 151 Å². The van der Waals surface area contributed by atoms with E-state index in [0.717, 1.165) is 0 Å². The van der Waals surface area contributed by atoms with Crippen molar-refractivity contribution >= 4 is 43.1 Å². The summed E-state index contributed by atoms with van der Waals surface area (Å²) in [5.41, 5.74) is -1.96. The molecule has 0 atom stereocenters. The molecule has 40 heavy (non-hydrogen) atoms. The molecule has 0 spiro atoms. The lowest BCUT2D eigenvalue weighted by molar-refractivity contribution is 1.63. The van der Waals surface area contributed by atoms with Gasteiger partial charge >= 0.3 is 0 Å². The molecule has 8 rings (SSSR count). The molecule has 0 N–H and O–H groups in total. The summed E-state index contributed by atoms with van der Waals surface area (Å²) >= 11 is 0. The summed E-state index contributed by atoms with van der Waals surface area (Å²) in [4.78, 5) is 0. The van der Waals surface area contributed by atoms with E-state index in [1.54, 1.807) is 42.5 Å². The largest absolute Gasteiger partial charge is 0.0636 e. The van der Waals surface area contributed by atoms with Crippen molar-refractivity contribution in [3.8, 4) is 33.4 Å². The Bertz CT molecular complexity index is 3170. The minimum Gasteiger partial charge on any atom is -0.0616 e. The first-order valence-corrected chi connectivity index (χ1v) is 12.3. The Balaban J connectivity index is 1.76. The van der Waals surface area contributed by atoms with Crippen LogP contribution in [0.2, 0.25) is 0 Å². The van der Waals surface area contributed by atoms with Crippen LogP contribution in [0.3, 0.4) is 0 Å². The number of rotatable bonds is 3. The fraction of sp³-hybridized carbons (Fsp3) is 0. The molecule has 8 aromatic rings. The van der Waals surface area contributed by atoms with E-state index in [0.29, 0.717) is 16.3 Å². The number of hydrogen-bond acceptors (Lipinski definition) is 0. The van der Waals surface area contributed by atoms with Crippen molar-refractivity contribution in [1.29, 1.82) is 0 Å². The van der Waals surface area contributed by atoms with Gasteiger partial charge in [-0.15, -0.1) is 0 Å². The van der Waals surface area contributed by atoms with Gasteiger partial charge in [0.1, 0.15) is 0 Å². The molecule has 0 saturated heterocycles. The van der Waals surface area contributed by atoms with E-state index >= 15 is 0 Å². The molecule has 0 saturated carbocycles. The zero-order chi connectivity index (χ0) is 43.0. The maximum atomic E-state index is 9.71. The van der Waals surface area contributed by atoms with Crippen LogP contribution in [-0.2, 0) is 0 Å². The highest BCUT2D eigenvalue weighted by Gasteiger charge is 2.18. The zero-order valence-corrected chi connectivity index (χ0v) is 20.5. The lowest BCUT2D eigenvalue weighted by Gasteiger charge is -2.19. The molecule has 0 heterocycles. The summed E-state index contributed by atoms with van der Waals surface area (Å²) in [6.45, 7) is 0. The lowest BCUT2D eigenvalue weighted by Crippen LogP contribution is -1.92. The first-order valence-electron chi connectivity index (χ1n) is 21.8. The second kappa shape index (κ2) is 9.22. The van der Waals surface area contributed by atoms with Crippen molar-refractivity contribution in [2.45, 2.75) is 0 Å². The first-order chi connectivity index (χ1) is 27.8. The molecule has 8 aromatic carbocycles. The summed E-state index contributed by atoms with van der Waals surface area (Å²) in [6.07, 6.45) is 0. The lowest BCUT2D eigenvalue weighted by atomic mass is 9.84. The molecular weight excluding hydrogens is 480 g/mol. The Labute approximate surface area is 260 Å². The summed E-state index contributed by atoms with van der Waals surface area (Å²) in [5, 5.41) is -1.92. The third-order valence-corrected chi connectivity index (χ3v) is 6.87. The Morgan fingerprint density at radius 3 is 1.70 bits per heavy atom. The molecular formula is C40H26. The zero-order valence-electron chi connectivity index (χ0n) is 39.5. The van der Waals surface area contributed by atoms with Crippen LogP contribution in [0, 0.1) is 0 Å². The molecule has 0 amide bonds. The number of hydrogen-bond donors (Lipinski definition) is 0. The van der Waals surface area contributed by atoms with E-state index in [1.807, 2.05) is 0 Å². The van der Waals surface area contributed by atoms with Crippen LogP contribution in [0.15, 0.2) is 157 Å². The third-order valence-electron chi connectivity index (χ3n) is 6.87. The monoisotopic (exact) mass is 525 g/mol. The summed E-state index contributed by atoms with van der Waals surface area (Å²) < 4.78 is 171. The highest BCUT2D eigenvalue weighted by Crippen LogP contribution is 2.45. The molecule has 186 valence electrons. The van der Waals surface area contributed by atoms with Crippen molar-refractivity contribution in [3.05, 3.63) is 157 Å². The summed E-state index contributed by atoms with van der Waals surface area (Å²) in [5.74, 6) is 0. The predicted octanol–water partition coefficient (Wildman–Crippen LogP) is 11.3. The van der Waals surface area contributed by atoms with Crippen molar-refractivity contribution in [3.63, 3.8) is 0 Å². The van der Waals surface area contributed by atoms with Gasteiger partial charge in [0, 0.05) is 0 Å². The van der Waals surface area contributed by atoms with E-state index in [9.17, 15) is 9.60 Å². The number of fused-ring (bicyclic) bond motifs is 4. The van der Waals surface area contributed by atoms with E-state index in [4.69, 9.17) is 16.4 Å². The van der Waals surface area contributed by atoms with Gasteiger partial charge in [0.25, 0.3) is 0 Å². The van der Waals surface area contributed by atoms with Crippen LogP contribution in [0.25, 0.3) is 76.5 Å². The first kappa shape index (κ1) is 10.8. The minimum atomic E-state index is -0.854. The van der Waals surface area contributed by atoms with Crippen LogP contribution in [-0.4, -0.2) is 0 Å². The second-order valence-electron chi connectivity index (χ2n) is 9.03. The predicted molar refractivity (Wildman–Crippen MR) is 173 cm³/mol. The standard InChI is InChI=1S/C40H26/c1-3-18-31-27(12-1)14-10-24-33(31)29-16-9-17-30(26-29)39-35-20-5-7-22-37(35)40(38-23-8-6-21-36(38)39)34-25-11-15-28-13-2-4-19-32(28)34/h1-26H/i2D,4D,5D,6D,7D,8D,9D,11D,13D,15D,16D,17D,19D,20D,21D,22D,23D,25D,26D. The Hall–Kier alpha value is -5.20. The van der Waals surface area contributed by atoms with Crippen molar-refractivity contribution in [2.75, 3.05) is 0 Å². The highest BCUT2D eigenvalue weighted by atomic mass is 14.2. The summed E-state index contributed by atoms with van der Waals surface area (Å²) in [7, 11) is 0. The van der Waals surface area contributed by atoms with Crippen LogP contribution in [0.4, 0.5) is 0 Å². The van der Waals surface area contributed by atoms with Gasteiger partial charge in [0.2, 0.25) is 0 Å². The minimum absolute atomic E-state index is 0.148. The SMILES string of the molecule is [2H]c1c([2H])c(-c2cccc3ccccc23)c([2H])c(-c2c3c([2H])c([2H])c([2H])c([2H])c3c(-c3c([2H])c([2H])c([2H])c4c([2H])c([2H])c([2H])c([2H])c34)c3c([2H])c([2H])c([2H])c([2H])c23)c1[2H]. The molecule has 0 aliphatic rings. The van der Waals surface area contributed by atoms with E-state index in [1.165, 1.54) is 0 Å². The van der Waals surface area contributed by atoms with Gasteiger partial charge < -0.3 is 0 Å². The van der Waals surface area contributed by atoms with Crippen molar-refractivity contribution in [1.82, 2.24) is 0 Å². The smallest absolute Gasteiger partial charge is 0.0616 e. The number of benzene rings is 8. The molecule has 0 aliphatic carbocycles. The summed E-state index contributed by atoms with van der Waals surface area (Å²) in [6, 6.07) is -2.78. The van der Waals surface area contributed by atoms with Crippen LogP contribution >= 0.6 is 0 Å². The van der Waals surface area contributed by atoms with E-state index < -0.39 is 169 Å². The molecule has 0 nitrogen and oxygen atoms in total. The molecule has 0 fully saturated rings. The molecule has 0 radical (unpaired) electrons. The van der Waals surface area contributed by atoms with Gasteiger partial charge in [0.15, 0.2) is 0 Å². The molecule has 0 unspecified atom stereocenters. The average Bonchev–Trinajstić information content (AvgIpc) is 3.22. The van der Waals surface area contributed by atoms with Crippen LogP contribution in [0.1, 0.15) is 26.0 Å². The third kappa shape index (κ3) is 3.54. The Morgan fingerprint density at radius 1 is 0.350 bits per heavy atom. The molecule has 0 bridgehead atoms. The van der Waals surface area contributed by atoms with Crippen molar-refractivity contribution in [2.24, 2.45) is 0 Å². The van der Waals surface area contributed by atoms with E-state index in [-0.39, 0.29) is 5.56 Å². The Kier molecular flexibility index (Phi) is 2.48. The van der Waals surface area contributed by atoms with Gasteiger partial charge in [-0.3, -0.25) is 0 Å². The normalized spacial score (nSPS) is 18.1. The van der Waals surface area contributed by atoms with Gasteiger partial charge in [0.05, 0.1) is 26.0 Å². The van der Waals surface area contributed by atoms with Crippen LogP contribution < -0.4 is 0 Å². The van der Waals surface area contributed by atoms with Gasteiger partial charge in [-0.25, -0.2) is 0 Å². The van der Waals surface area contributed by atoms with Crippen molar-refractivity contribution < 1.29 is 26.0 Å². The second-order valence-corrected chi connectivity index (χ2v) is 9.03. The topological polar surface area (TPSA) is 0 Å². The van der Waals surface area contributed by atoms with Gasteiger partial charge in [-0.05, 0) is 82.5 Å². The fourth-order valence-electron chi connectivity index (χ4n) is 5.17.